The molecular formula is C15H23NO4. The van der Waals surface area contributed by atoms with Crippen molar-refractivity contribution in [3.63, 3.8) is 0 Å². The Morgan fingerprint density at radius 2 is 2.05 bits per heavy atom. The average Bonchev–Trinajstić information content (AvgIpc) is 2.83. The predicted molar refractivity (Wildman–Crippen MR) is 75.6 cm³/mol. The molecule has 5 heteroatoms. The average molecular weight is 281 g/mol. The highest BCUT2D eigenvalue weighted by atomic mass is 16.4. The van der Waals surface area contributed by atoms with Crippen LogP contribution in [0, 0.1) is 11.8 Å². The molecule has 1 rings (SSSR count). The SMILES string of the molecule is CCc1ccc(C(=O)NC[C@H](CC(=O)O)CC(C)C)o1. The Morgan fingerprint density at radius 1 is 1.35 bits per heavy atom. The van der Waals surface area contributed by atoms with Gasteiger partial charge >= 0.3 is 5.97 Å². The van der Waals surface area contributed by atoms with Crippen LogP contribution < -0.4 is 5.32 Å². The topological polar surface area (TPSA) is 79.5 Å². The fourth-order valence-corrected chi connectivity index (χ4v) is 2.17. The van der Waals surface area contributed by atoms with E-state index in [1.165, 1.54) is 0 Å². The quantitative estimate of drug-likeness (QED) is 0.767. The molecule has 0 saturated heterocycles. The van der Waals surface area contributed by atoms with Crippen LogP contribution in [-0.2, 0) is 11.2 Å². The third-order valence-corrected chi connectivity index (χ3v) is 3.05. The van der Waals surface area contributed by atoms with Gasteiger partial charge in [0.2, 0.25) is 0 Å². The Labute approximate surface area is 119 Å². The molecule has 0 aliphatic rings. The van der Waals surface area contributed by atoms with Crippen LogP contribution in [0.1, 0.15) is 49.9 Å². The van der Waals surface area contributed by atoms with Gasteiger partial charge in [-0.1, -0.05) is 20.8 Å². The van der Waals surface area contributed by atoms with E-state index >= 15 is 0 Å². The first-order chi connectivity index (χ1) is 9.42. The van der Waals surface area contributed by atoms with Gasteiger partial charge in [-0.05, 0) is 30.4 Å². The summed E-state index contributed by atoms with van der Waals surface area (Å²) in [5.41, 5.74) is 0. The summed E-state index contributed by atoms with van der Waals surface area (Å²) in [6.45, 7) is 6.38. The van der Waals surface area contributed by atoms with Gasteiger partial charge in [-0.2, -0.15) is 0 Å². The third kappa shape index (κ3) is 5.47. The van der Waals surface area contributed by atoms with E-state index in [4.69, 9.17) is 9.52 Å². The number of carbonyl (C=O) groups is 2. The standard InChI is InChI=1S/C15H23NO4/c1-4-12-5-6-13(20-12)15(19)16-9-11(7-10(2)3)8-14(17)18/h5-6,10-11H,4,7-9H2,1-3H3,(H,16,19)(H,17,18)/t11-/m0/s1. The van der Waals surface area contributed by atoms with Gasteiger partial charge in [0.25, 0.3) is 5.91 Å². The summed E-state index contributed by atoms with van der Waals surface area (Å²) in [5, 5.41) is 11.6. The zero-order valence-corrected chi connectivity index (χ0v) is 12.3. The molecule has 1 atom stereocenters. The van der Waals surface area contributed by atoms with Crippen molar-refractivity contribution < 1.29 is 19.1 Å². The number of hydrogen-bond donors (Lipinski definition) is 2. The van der Waals surface area contributed by atoms with Gasteiger partial charge in [-0.15, -0.1) is 0 Å². The summed E-state index contributed by atoms with van der Waals surface area (Å²) in [7, 11) is 0. The monoisotopic (exact) mass is 281 g/mol. The van der Waals surface area contributed by atoms with Gasteiger partial charge < -0.3 is 14.8 Å². The Kier molecular flexibility index (Phi) is 6.28. The summed E-state index contributed by atoms with van der Waals surface area (Å²) < 4.78 is 5.36. The van der Waals surface area contributed by atoms with E-state index in [9.17, 15) is 9.59 Å². The van der Waals surface area contributed by atoms with Gasteiger partial charge in [0.05, 0.1) is 0 Å². The summed E-state index contributed by atoms with van der Waals surface area (Å²) >= 11 is 0. The van der Waals surface area contributed by atoms with Gasteiger partial charge in [-0.3, -0.25) is 9.59 Å². The number of nitrogens with one attached hydrogen (secondary N) is 1. The molecule has 5 nitrogen and oxygen atoms in total. The molecule has 1 heterocycles. The molecule has 112 valence electrons. The molecule has 0 bridgehead atoms. The highest BCUT2D eigenvalue weighted by Crippen LogP contribution is 2.15. The lowest BCUT2D eigenvalue weighted by atomic mass is 9.94. The molecule has 0 radical (unpaired) electrons. The second kappa shape index (κ2) is 7.72. The Morgan fingerprint density at radius 3 is 2.55 bits per heavy atom. The second-order valence-electron chi connectivity index (χ2n) is 5.42. The molecule has 0 unspecified atom stereocenters. The fourth-order valence-electron chi connectivity index (χ4n) is 2.17. The smallest absolute Gasteiger partial charge is 0.303 e. The molecule has 1 aromatic heterocycles. The van der Waals surface area contributed by atoms with Crippen molar-refractivity contribution in [2.45, 2.75) is 40.0 Å². The lowest BCUT2D eigenvalue weighted by Crippen LogP contribution is -2.30. The van der Waals surface area contributed by atoms with Crippen molar-refractivity contribution in [2.75, 3.05) is 6.54 Å². The number of aryl methyl sites for hydroxylation is 1. The molecule has 0 aliphatic carbocycles. The van der Waals surface area contributed by atoms with Gasteiger partial charge in [0.1, 0.15) is 5.76 Å². The van der Waals surface area contributed by atoms with E-state index < -0.39 is 5.97 Å². The maximum absolute atomic E-state index is 11.9. The Hall–Kier alpha value is -1.78. The minimum absolute atomic E-state index is 0.0583. The Bertz CT molecular complexity index is 450. The minimum Gasteiger partial charge on any atom is -0.481 e. The second-order valence-corrected chi connectivity index (χ2v) is 5.42. The Balaban J connectivity index is 2.52. The van der Waals surface area contributed by atoms with Gasteiger partial charge in [-0.25, -0.2) is 0 Å². The predicted octanol–water partition coefficient (Wildman–Crippen LogP) is 2.71. The van der Waals surface area contributed by atoms with Gasteiger partial charge in [0, 0.05) is 19.4 Å². The van der Waals surface area contributed by atoms with Crippen LogP contribution >= 0.6 is 0 Å². The highest BCUT2D eigenvalue weighted by molar-refractivity contribution is 5.91. The molecular weight excluding hydrogens is 258 g/mol. The maximum Gasteiger partial charge on any atom is 0.303 e. The molecule has 0 aliphatic heterocycles. The zero-order valence-electron chi connectivity index (χ0n) is 12.3. The normalized spacial score (nSPS) is 12.4. The van der Waals surface area contributed by atoms with Crippen molar-refractivity contribution in [1.29, 1.82) is 0 Å². The van der Waals surface area contributed by atoms with E-state index in [1.54, 1.807) is 12.1 Å². The molecule has 20 heavy (non-hydrogen) atoms. The number of carbonyl (C=O) groups excluding carboxylic acids is 1. The lowest BCUT2D eigenvalue weighted by Gasteiger charge is -2.17. The molecule has 2 N–H and O–H groups in total. The highest BCUT2D eigenvalue weighted by Gasteiger charge is 2.17. The van der Waals surface area contributed by atoms with E-state index in [0.717, 1.165) is 18.6 Å². The molecule has 0 saturated carbocycles. The number of carboxylic acids is 1. The number of aliphatic carboxylic acids is 1. The molecule has 1 amide bonds. The van der Waals surface area contributed by atoms with Crippen molar-refractivity contribution in [1.82, 2.24) is 5.32 Å². The minimum atomic E-state index is -0.837. The van der Waals surface area contributed by atoms with Crippen LogP contribution in [0.15, 0.2) is 16.5 Å². The summed E-state index contributed by atoms with van der Waals surface area (Å²) in [6.07, 6.45) is 1.57. The van der Waals surface area contributed by atoms with Crippen LogP contribution in [0.5, 0.6) is 0 Å². The number of hydrogen-bond acceptors (Lipinski definition) is 3. The van der Waals surface area contributed by atoms with Crippen LogP contribution in [0.4, 0.5) is 0 Å². The first-order valence-electron chi connectivity index (χ1n) is 7.01. The lowest BCUT2D eigenvalue weighted by molar-refractivity contribution is -0.138. The number of amides is 1. The first-order valence-corrected chi connectivity index (χ1v) is 7.01. The van der Waals surface area contributed by atoms with Crippen molar-refractivity contribution in [3.8, 4) is 0 Å². The third-order valence-electron chi connectivity index (χ3n) is 3.05. The maximum atomic E-state index is 11.9. The fraction of sp³-hybridized carbons (Fsp3) is 0.600. The van der Waals surface area contributed by atoms with Crippen molar-refractivity contribution in [2.24, 2.45) is 11.8 Å². The van der Waals surface area contributed by atoms with Crippen LogP contribution in [0.2, 0.25) is 0 Å². The van der Waals surface area contributed by atoms with Crippen LogP contribution in [0.3, 0.4) is 0 Å². The summed E-state index contributed by atoms with van der Waals surface area (Å²) in [5.74, 6) is 0.253. The summed E-state index contributed by atoms with van der Waals surface area (Å²) in [6, 6.07) is 3.42. The number of furan rings is 1. The summed E-state index contributed by atoms with van der Waals surface area (Å²) in [4.78, 5) is 22.7. The van der Waals surface area contributed by atoms with E-state index in [-0.39, 0.29) is 24.0 Å². The first kappa shape index (κ1) is 16.3. The van der Waals surface area contributed by atoms with Crippen LogP contribution in [0.25, 0.3) is 0 Å². The van der Waals surface area contributed by atoms with Gasteiger partial charge in [0.15, 0.2) is 5.76 Å². The number of rotatable bonds is 8. The van der Waals surface area contributed by atoms with E-state index in [1.807, 2.05) is 20.8 Å². The molecule has 0 aromatic carbocycles. The molecule has 0 fully saturated rings. The molecule has 0 spiro atoms. The zero-order chi connectivity index (χ0) is 15.1. The van der Waals surface area contributed by atoms with E-state index in [0.29, 0.717) is 12.5 Å². The van der Waals surface area contributed by atoms with E-state index in [2.05, 4.69) is 5.32 Å². The molecule has 1 aromatic rings. The number of carboxylic acid groups (broad SMARTS) is 1. The largest absolute Gasteiger partial charge is 0.481 e. The van der Waals surface area contributed by atoms with Crippen LogP contribution in [-0.4, -0.2) is 23.5 Å². The van der Waals surface area contributed by atoms with Crippen molar-refractivity contribution in [3.05, 3.63) is 23.7 Å². The van der Waals surface area contributed by atoms with Crippen molar-refractivity contribution >= 4 is 11.9 Å².